The van der Waals surface area contributed by atoms with Gasteiger partial charge in [-0.1, -0.05) is 67.4 Å². The SMILES string of the molecule is C[C@@H]1C(=O)O[C@@H](C)/C=C/C=C\[C@@H](C)C2C=C[C@@H]3C[C@]4(C)O[C@@H]4[C@@H](C)[C@H]3[C@@H]2C(=O)C(Cl)(Cl)C1=O. The van der Waals surface area contributed by atoms with E-state index < -0.39 is 39.8 Å². The van der Waals surface area contributed by atoms with E-state index in [1.165, 1.54) is 6.92 Å². The Labute approximate surface area is 205 Å². The molecule has 33 heavy (non-hydrogen) atoms. The van der Waals surface area contributed by atoms with Crippen molar-refractivity contribution in [1.29, 1.82) is 0 Å². The number of carbonyl (C=O) groups is 3. The molecule has 180 valence electrons. The van der Waals surface area contributed by atoms with Gasteiger partial charge in [0.15, 0.2) is 11.6 Å². The van der Waals surface area contributed by atoms with Crippen LogP contribution in [0, 0.1) is 41.4 Å². The summed E-state index contributed by atoms with van der Waals surface area (Å²) >= 11 is 13.1. The van der Waals surface area contributed by atoms with Crippen LogP contribution in [0.5, 0.6) is 0 Å². The fraction of sp³-hybridized carbons (Fsp3) is 0.654. The maximum atomic E-state index is 14.0. The fourth-order valence-electron chi connectivity index (χ4n) is 6.19. The Morgan fingerprint density at radius 2 is 1.61 bits per heavy atom. The van der Waals surface area contributed by atoms with Gasteiger partial charge in [-0.3, -0.25) is 14.4 Å². The summed E-state index contributed by atoms with van der Waals surface area (Å²) in [4.78, 5) is 39.8. The number of ether oxygens (including phenoxy) is 2. The predicted molar refractivity (Wildman–Crippen MR) is 127 cm³/mol. The Morgan fingerprint density at radius 3 is 2.30 bits per heavy atom. The third-order valence-corrected chi connectivity index (χ3v) is 8.80. The predicted octanol–water partition coefficient (Wildman–Crippen LogP) is 4.86. The Kier molecular flexibility index (Phi) is 6.48. The molecule has 0 radical (unpaired) electrons. The van der Waals surface area contributed by atoms with Gasteiger partial charge in [-0.05, 0) is 62.9 Å². The van der Waals surface area contributed by atoms with Crippen LogP contribution in [0.15, 0.2) is 36.5 Å². The number of halogens is 2. The number of carbonyl (C=O) groups excluding carboxylic acids is 3. The number of alkyl halides is 2. The molecule has 4 aliphatic rings. The highest BCUT2D eigenvalue weighted by Gasteiger charge is 2.65. The molecule has 2 heterocycles. The quantitative estimate of drug-likeness (QED) is 0.158. The molecule has 0 N–H and O–H groups in total. The summed E-state index contributed by atoms with van der Waals surface area (Å²) in [7, 11) is 0. The number of epoxide rings is 1. The summed E-state index contributed by atoms with van der Waals surface area (Å²) in [5.74, 6) is -3.95. The molecule has 0 aromatic heterocycles. The lowest BCUT2D eigenvalue weighted by Crippen LogP contribution is -2.54. The molecule has 0 aromatic rings. The zero-order valence-electron chi connectivity index (χ0n) is 19.7. The Hall–Kier alpha value is -1.43. The molecule has 0 aromatic carbocycles. The van der Waals surface area contributed by atoms with E-state index in [9.17, 15) is 14.4 Å². The summed E-state index contributed by atoms with van der Waals surface area (Å²) in [6, 6.07) is 0. The fourth-order valence-corrected chi connectivity index (χ4v) is 6.77. The van der Waals surface area contributed by atoms with E-state index in [0.717, 1.165) is 6.42 Å². The molecule has 0 bridgehead atoms. The van der Waals surface area contributed by atoms with Gasteiger partial charge < -0.3 is 9.47 Å². The monoisotopic (exact) mass is 494 g/mol. The summed E-state index contributed by atoms with van der Waals surface area (Å²) in [5.41, 5.74) is -0.164. The molecular weight excluding hydrogens is 463 g/mol. The third kappa shape index (κ3) is 4.26. The Balaban J connectivity index is 1.78. The number of hydrogen-bond donors (Lipinski definition) is 0. The first-order valence-electron chi connectivity index (χ1n) is 11.8. The van der Waals surface area contributed by atoms with Crippen LogP contribution >= 0.6 is 23.2 Å². The second-order valence-corrected chi connectivity index (χ2v) is 11.8. The number of esters is 1. The highest BCUT2D eigenvalue weighted by Crippen LogP contribution is 2.60. The van der Waals surface area contributed by atoms with Gasteiger partial charge in [0.25, 0.3) is 0 Å². The number of fused-ring (bicyclic) bond motifs is 4. The first kappa shape index (κ1) is 24.7. The maximum Gasteiger partial charge on any atom is 0.316 e. The topological polar surface area (TPSA) is 73.0 Å². The summed E-state index contributed by atoms with van der Waals surface area (Å²) < 4.78 is 9.03. The molecule has 1 saturated carbocycles. The van der Waals surface area contributed by atoms with Gasteiger partial charge in [-0.2, -0.15) is 0 Å². The van der Waals surface area contributed by atoms with Crippen molar-refractivity contribution in [3.05, 3.63) is 36.5 Å². The lowest BCUT2D eigenvalue weighted by Gasteiger charge is -2.47. The van der Waals surface area contributed by atoms with Crippen LogP contribution < -0.4 is 0 Å². The molecule has 10 atom stereocenters. The molecule has 4 rings (SSSR count). The van der Waals surface area contributed by atoms with E-state index in [0.29, 0.717) is 0 Å². The highest BCUT2D eigenvalue weighted by atomic mass is 35.5. The smallest absolute Gasteiger partial charge is 0.316 e. The van der Waals surface area contributed by atoms with Crippen molar-refractivity contribution < 1.29 is 23.9 Å². The van der Waals surface area contributed by atoms with Gasteiger partial charge >= 0.3 is 5.97 Å². The lowest BCUT2D eigenvalue weighted by atomic mass is 9.56. The van der Waals surface area contributed by atoms with Gasteiger partial charge in [-0.15, -0.1) is 0 Å². The minimum Gasteiger partial charge on any atom is -0.458 e. The molecule has 2 aliphatic carbocycles. The molecule has 0 amide bonds. The number of allylic oxidation sites excluding steroid dienone is 5. The van der Waals surface area contributed by atoms with Crippen LogP contribution in [0.2, 0.25) is 0 Å². The van der Waals surface area contributed by atoms with Crippen LogP contribution in [0.3, 0.4) is 0 Å². The van der Waals surface area contributed by atoms with Gasteiger partial charge in [-0.25, -0.2) is 0 Å². The molecule has 0 spiro atoms. The highest BCUT2D eigenvalue weighted by molar-refractivity contribution is 6.68. The van der Waals surface area contributed by atoms with Crippen molar-refractivity contribution in [2.75, 3.05) is 0 Å². The largest absolute Gasteiger partial charge is 0.458 e. The van der Waals surface area contributed by atoms with Crippen molar-refractivity contribution in [3.8, 4) is 0 Å². The van der Waals surface area contributed by atoms with Gasteiger partial charge in [0.2, 0.25) is 4.33 Å². The van der Waals surface area contributed by atoms with Crippen LogP contribution in [0.4, 0.5) is 0 Å². The lowest BCUT2D eigenvalue weighted by molar-refractivity contribution is -0.154. The Morgan fingerprint density at radius 1 is 0.939 bits per heavy atom. The molecule has 1 unspecified atom stereocenters. The van der Waals surface area contributed by atoms with E-state index in [4.69, 9.17) is 32.7 Å². The van der Waals surface area contributed by atoms with Crippen LogP contribution in [-0.4, -0.2) is 39.7 Å². The molecule has 2 fully saturated rings. The normalized spacial score (nSPS) is 49.1. The van der Waals surface area contributed by atoms with Gasteiger partial charge in [0.05, 0.1) is 11.7 Å². The van der Waals surface area contributed by atoms with Crippen molar-refractivity contribution in [1.82, 2.24) is 0 Å². The van der Waals surface area contributed by atoms with E-state index in [1.807, 2.05) is 18.2 Å². The molecule has 2 aliphatic heterocycles. The maximum absolute atomic E-state index is 14.0. The van der Waals surface area contributed by atoms with Crippen LogP contribution in [-0.2, 0) is 23.9 Å². The third-order valence-electron chi connectivity index (χ3n) is 8.06. The summed E-state index contributed by atoms with van der Waals surface area (Å²) in [6.45, 7) is 9.36. The average molecular weight is 495 g/mol. The molecule has 7 heteroatoms. The van der Waals surface area contributed by atoms with Crippen LogP contribution in [0.25, 0.3) is 0 Å². The van der Waals surface area contributed by atoms with E-state index in [1.54, 1.807) is 13.0 Å². The minimum absolute atomic E-state index is 0.00103. The number of rotatable bonds is 0. The second-order valence-electron chi connectivity index (χ2n) is 10.4. The minimum atomic E-state index is -2.34. The summed E-state index contributed by atoms with van der Waals surface area (Å²) in [6.07, 6.45) is 12.1. The molecule has 1 saturated heterocycles. The summed E-state index contributed by atoms with van der Waals surface area (Å²) in [5, 5.41) is 0. The van der Waals surface area contributed by atoms with Crippen molar-refractivity contribution in [2.45, 2.75) is 63.2 Å². The van der Waals surface area contributed by atoms with Gasteiger partial charge in [0, 0.05) is 5.92 Å². The van der Waals surface area contributed by atoms with E-state index in [2.05, 4.69) is 32.9 Å². The zero-order valence-corrected chi connectivity index (χ0v) is 21.2. The van der Waals surface area contributed by atoms with Crippen LogP contribution in [0.1, 0.15) is 41.0 Å². The van der Waals surface area contributed by atoms with Crippen molar-refractivity contribution in [3.63, 3.8) is 0 Å². The number of Topliss-reactive ketones (excluding diaryl/α,β-unsaturated/α-hetero) is 2. The number of ketones is 2. The van der Waals surface area contributed by atoms with Crippen molar-refractivity contribution >= 4 is 40.7 Å². The Bertz CT molecular complexity index is 937. The second kappa shape index (κ2) is 8.66. The van der Waals surface area contributed by atoms with Gasteiger partial charge in [0.1, 0.15) is 12.0 Å². The zero-order chi connectivity index (χ0) is 24.3. The first-order valence-corrected chi connectivity index (χ1v) is 12.5. The van der Waals surface area contributed by atoms with E-state index >= 15 is 0 Å². The standard InChI is InChI=1S/C26H32Cl2O5/c1-13-8-6-7-9-14(2)32-24(31)16(4)21(29)26(27,28)22(30)20-18(13)11-10-17-12-25(5)23(33-25)15(3)19(17)20/h6-11,13-20,23H,12H2,1-5H3/b8-6-,9-7+/t13-,14+,15+,16+,17-,18?,19-,20-,23-,25+/m1/s1. The molecular formula is C26H32Cl2O5. The first-order chi connectivity index (χ1) is 15.4. The average Bonchev–Trinajstić information content (AvgIpc) is 3.45. The number of cyclic esters (lactones) is 1. The molecule has 5 nitrogen and oxygen atoms in total. The number of hydrogen-bond acceptors (Lipinski definition) is 5. The van der Waals surface area contributed by atoms with E-state index in [-0.39, 0.29) is 41.3 Å². The van der Waals surface area contributed by atoms with Crippen molar-refractivity contribution in [2.24, 2.45) is 41.4 Å².